The van der Waals surface area contributed by atoms with Gasteiger partial charge in [-0.25, -0.2) is 4.98 Å². The fourth-order valence-corrected chi connectivity index (χ4v) is 1.93. The molecule has 0 atom stereocenters. The first-order chi connectivity index (χ1) is 8.17. The third kappa shape index (κ3) is 2.08. The molecule has 0 spiro atoms. The highest BCUT2D eigenvalue weighted by Gasteiger charge is 2.11. The molecule has 4 heteroatoms. The van der Waals surface area contributed by atoms with Crippen molar-refractivity contribution in [2.24, 2.45) is 0 Å². The molecular formula is C13H16N2O2. The van der Waals surface area contributed by atoms with Crippen LogP contribution in [0.2, 0.25) is 0 Å². The fraction of sp³-hybridized carbons (Fsp3) is 0.385. The summed E-state index contributed by atoms with van der Waals surface area (Å²) >= 11 is 0. The molecule has 0 aliphatic heterocycles. The van der Waals surface area contributed by atoms with Crippen molar-refractivity contribution in [1.82, 2.24) is 9.38 Å². The maximum absolute atomic E-state index is 10.9. The zero-order chi connectivity index (χ0) is 12.4. The van der Waals surface area contributed by atoms with Gasteiger partial charge in [0.2, 0.25) is 0 Å². The average molecular weight is 232 g/mol. The van der Waals surface area contributed by atoms with Gasteiger partial charge in [-0.2, -0.15) is 0 Å². The molecule has 0 bridgehead atoms. The van der Waals surface area contributed by atoms with E-state index in [4.69, 9.17) is 4.74 Å². The van der Waals surface area contributed by atoms with E-state index < -0.39 is 0 Å². The van der Waals surface area contributed by atoms with E-state index in [-0.39, 0.29) is 0 Å². The first-order valence-electron chi connectivity index (χ1n) is 5.62. The van der Waals surface area contributed by atoms with E-state index in [9.17, 15) is 4.79 Å². The second-order valence-electron chi connectivity index (χ2n) is 4.34. The van der Waals surface area contributed by atoms with Crippen molar-refractivity contribution in [2.75, 3.05) is 7.11 Å². The predicted octanol–water partition coefficient (Wildman–Crippen LogP) is 2.42. The first-order valence-corrected chi connectivity index (χ1v) is 5.62. The van der Waals surface area contributed by atoms with Gasteiger partial charge in [0, 0.05) is 19.0 Å². The molecule has 0 radical (unpaired) electrons. The lowest BCUT2D eigenvalue weighted by atomic mass is 10.1. The Morgan fingerprint density at radius 3 is 2.88 bits per heavy atom. The number of hydrogen-bond donors (Lipinski definition) is 0. The summed E-state index contributed by atoms with van der Waals surface area (Å²) in [5.74, 6) is 0.364. The maximum Gasteiger partial charge on any atom is 0.153 e. The Balaban J connectivity index is 2.69. The van der Waals surface area contributed by atoms with Crippen LogP contribution >= 0.6 is 0 Å². The number of aldehydes is 1. The van der Waals surface area contributed by atoms with Crippen LogP contribution in [0.5, 0.6) is 0 Å². The Morgan fingerprint density at radius 1 is 1.53 bits per heavy atom. The summed E-state index contributed by atoms with van der Waals surface area (Å²) in [5.41, 5.74) is 3.31. The second kappa shape index (κ2) is 4.67. The molecule has 0 aliphatic rings. The SMILES string of the molecule is COCc1cc(C(C)C)n2ccc(C=O)c2n1. The van der Waals surface area contributed by atoms with Crippen molar-refractivity contribution in [3.8, 4) is 0 Å². The summed E-state index contributed by atoms with van der Waals surface area (Å²) in [6.07, 6.45) is 2.72. The molecule has 0 amide bonds. The smallest absolute Gasteiger partial charge is 0.153 e. The Hall–Kier alpha value is -1.68. The number of hydrogen-bond acceptors (Lipinski definition) is 3. The Morgan fingerprint density at radius 2 is 2.29 bits per heavy atom. The molecule has 17 heavy (non-hydrogen) atoms. The van der Waals surface area contributed by atoms with Gasteiger partial charge in [0.05, 0.1) is 17.9 Å². The number of methoxy groups -OCH3 is 1. The Kier molecular flexibility index (Phi) is 3.24. The minimum absolute atomic E-state index is 0.364. The average Bonchev–Trinajstić information content (AvgIpc) is 2.71. The summed E-state index contributed by atoms with van der Waals surface area (Å²) in [6, 6.07) is 3.81. The van der Waals surface area contributed by atoms with Crippen molar-refractivity contribution in [1.29, 1.82) is 0 Å². The maximum atomic E-state index is 10.9. The second-order valence-corrected chi connectivity index (χ2v) is 4.34. The zero-order valence-electron chi connectivity index (χ0n) is 10.3. The van der Waals surface area contributed by atoms with Crippen LogP contribution in [0.1, 0.15) is 41.5 Å². The normalized spacial score (nSPS) is 11.3. The number of rotatable bonds is 4. The Labute approximate surface area is 100 Å². The largest absolute Gasteiger partial charge is 0.378 e. The number of fused-ring (bicyclic) bond motifs is 1. The van der Waals surface area contributed by atoms with Gasteiger partial charge in [-0.3, -0.25) is 4.79 Å². The van der Waals surface area contributed by atoms with E-state index in [0.717, 1.165) is 17.7 Å². The van der Waals surface area contributed by atoms with Crippen LogP contribution in [-0.4, -0.2) is 22.8 Å². The summed E-state index contributed by atoms with van der Waals surface area (Å²) in [6.45, 7) is 4.69. The Bertz CT molecular complexity index is 544. The van der Waals surface area contributed by atoms with E-state index in [0.29, 0.717) is 23.7 Å². The van der Waals surface area contributed by atoms with Crippen molar-refractivity contribution in [3.63, 3.8) is 0 Å². The molecule has 0 unspecified atom stereocenters. The van der Waals surface area contributed by atoms with E-state index in [1.54, 1.807) is 13.2 Å². The van der Waals surface area contributed by atoms with Gasteiger partial charge in [0.25, 0.3) is 0 Å². The molecule has 0 fully saturated rings. The molecule has 2 aromatic heterocycles. The van der Waals surface area contributed by atoms with Crippen molar-refractivity contribution < 1.29 is 9.53 Å². The number of ether oxygens (including phenoxy) is 1. The van der Waals surface area contributed by atoms with E-state index in [1.165, 1.54) is 0 Å². The van der Waals surface area contributed by atoms with Crippen LogP contribution in [0.15, 0.2) is 18.3 Å². The van der Waals surface area contributed by atoms with E-state index in [2.05, 4.69) is 18.8 Å². The van der Waals surface area contributed by atoms with Gasteiger partial charge in [-0.15, -0.1) is 0 Å². The standard InChI is InChI=1S/C13H16N2O2/c1-9(2)12-6-11(8-17-3)14-13-10(7-16)4-5-15(12)13/h4-7,9H,8H2,1-3H3. The molecular weight excluding hydrogens is 216 g/mol. The molecule has 0 saturated carbocycles. The van der Waals surface area contributed by atoms with Crippen LogP contribution in [0.25, 0.3) is 5.65 Å². The summed E-state index contributed by atoms with van der Waals surface area (Å²) in [7, 11) is 1.64. The summed E-state index contributed by atoms with van der Waals surface area (Å²) in [4.78, 5) is 15.4. The molecule has 2 rings (SSSR count). The quantitative estimate of drug-likeness (QED) is 0.760. The topological polar surface area (TPSA) is 43.6 Å². The number of carbonyl (C=O) groups excluding carboxylic acids is 1. The minimum Gasteiger partial charge on any atom is -0.378 e. The molecule has 2 heterocycles. The lowest BCUT2D eigenvalue weighted by molar-refractivity contribution is 0.112. The molecule has 0 N–H and O–H groups in total. The highest BCUT2D eigenvalue weighted by Crippen LogP contribution is 2.20. The zero-order valence-corrected chi connectivity index (χ0v) is 10.3. The van der Waals surface area contributed by atoms with Crippen LogP contribution < -0.4 is 0 Å². The van der Waals surface area contributed by atoms with Crippen LogP contribution in [-0.2, 0) is 11.3 Å². The van der Waals surface area contributed by atoms with Gasteiger partial charge in [0.1, 0.15) is 5.65 Å². The monoisotopic (exact) mass is 232 g/mol. The molecule has 4 nitrogen and oxygen atoms in total. The van der Waals surface area contributed by atoms with Crippen molar-refractivity contribution >= 4 is 11.9 Å². The van der Waals surface area contributed by atoms with Crippen LogP contribution in [0.4, 0.5) is 0 Å². The first kappa shape index (κ1) is 11.8. The number of aromatic nitrogens is 2. The minimum atomic E-state index is 0.364. The van der Waals surface area contributed by atoms with Crippen LogP contribution in [0, 0.1) is 0 Å². The molecule has 0 aliphatic carbocycles. The molecule has 90 valence electrons. The number of carbonyl (C=O) groups is 1. The summed E-state index contributed by atoms with van der Waals surface area (Å²) in [5, 5.41) is 0. The van der Waals surface area contributed by atoms with Crippen LogP contribution in [0.3, 0.4) is 0 Å². The van der Waals surface area contributed by atoms with Crippen molar-refractivity contribution in [2.45, 2.75) is 26.4 Å². The predicted molar refractivity (Wildman–Crippen MR) is 65.4 cm³/mol. The van der Waals surface area contributed by atoms with Crippen molar-refractivity contribution in [3.05, 3.63) is 35.3 Å². The third-order valence-electron chi connectivity index (χ3n) is 2.74. The summed E-state index contributed by atoms with van der Waals surface area (Å²) < 4.78 is 7.07. The van der Waals surface area contributed by atoms with Gasteiger partial charge in [-0.05, 0) is 18.1 Å². The molecule has 0 saturated heterocycles. The van der Waals surface area contributed by atoms with Gasteiger partial charge < -0.3 is 9.14 Å². The highest BCUT2D eigenvalue weighted by atomic mass is 16.5. The lowest BCUT2D eigenvalue weighted by Gasteiger charge is -2.11. The van der Waals surface area contributed by atoms with E-state index in [1.807, 2.05) is 16.7 Å². The van der Waals surface area contributed by atoms with Gasteiger partial charge >= 0.3 is 0 Å². The van der Waals surface area contributed by atoms with Gasteiger partial charge in [0.15, 0.2) is 6.29 Å². The van der Waals surface area contributed by atoms with Gasteiger partial charge in [-0.1, -0.05) is 13.8 Å². The number of nitrogens with zero attached hydrogens (tertiary/aromatic N) is 2. The molecule has 2 aromatic rings. The van der Waals surface area contributed by atoms with E-state index >= 15 is 0 Å². The molecule has 0 aromatic carbocycles. The lowest BCUT2D eigenvalue weighted by Crippen LogP contribution is -2.04. The fourth-order valence-electron chi connectivity index (χ4n) is 1.93. The third-order valence-corrected chi connectivity index (χ3v) is 2.74. The highest BCUT2D eigenvalue weighted by molar-refractivity contribution is 5.84.